The Labute approximate surface area is 149 Å². The Hall–Kier alpha value is -1.86. The van der Waals surface area contributed by atoms with E-state index in [0.29, 0.717) is 10.7 Å². The number of carbonyl (C=O) groups excluding carboxylic acids is 1. The number of aryl methyl sites for hydroxylation is 1. The fourth-order valence-electron chi connectivity index (χ4n) is 2.06. The third kappa shape index (κ3) is 4.82. The number of benzene rings is 1. The maximum Gasteiger partial charge on any atom is 0.347 e. The summed E-state index contributed by atoms with van der Waals surface area (Å²) in [6.45, 7) is 5.35. The van der Waals surface area contributed by atoms with Gasteiger partial charge >= 0.3 is 5.97 Å². The smallest absolute Gasteiger partial charge is 0.347 e. The van der Waals surface area contributed by atoms with Crippen LogP contribution in [0.3, 0.4) is 0 Å². The van der Waals surface area contributed by atoms with E-state index in [9.17, 15) is 9.59 Å². The first kappa shape index (κ1) is 18.5. The number of rotatable bonds is 7. The van der Waals surface area contributed by atoms with Gasteiger partial charge in [0.25, 0.3) is 0 Å². The number of nitrogens with zero attached hydrogens (tertiary/aromatic N) is 1. The molecule has 2 N–H and O–H groups in total. The molecule has 24 heavy (non-hydrogen) atoms. The van der Waals surface area contributed by atoms with Crippen molar-refractivity contribution in [3.63, 3.8) is 0 Å². The van der Waals surface area contributed by atoms with E-state index in [0.717, 1.165) is 17.1 Å². The van der Waals surface area contributed by atoms with Gasteiger partial charge < -0.3 is 10.4 Å². The van der Waals surface area contributed by atoms with E-state index in [4.69, 9.17) is 5.11 Å². The fraction of sp³-hybridized carbons (Fsp3) is 0.353. The van der Waals surface area contributed by atoms with Crippen LogP contribution in [0.5, 0.6) is 0 Å². The van der Waals surface area contributed by atoms with Gasteiger partial charge in [-0.1, -0.05) is 30.3 Å². The molecular weight excluding hydrogens is 344 g/mol. The number of thioether (sulfide) groups is 1. The standard InChI is InChI=1S/C17H20N2O3S2/c1-10-14(17(21)22)24-16(19-10)11(2)18-15(20)12(3)23-9-13-7-5-4-6-8-13/h4-8,11-12H,9H2,1-3H3,(H,18,20)(H,21,22). The molecule has 2 unspecified atom stereocenters. The molecule has 0 saturated carbocycles. The van der Waals surface area contributed by atoms with Crippen LogP contribution in [0.25, 0.3) is 0 Å². The largest absolute Gasteiger partial charge is 0.477 e. The minimum atomic E-state index is -0.985. The molecule has 2 atom stereocenters. The van der Waals surface area contributed by atoms with Crippen molar-refractivity contribution < 1.29 is 14.7 Å². The van der Waals surface area contributed by atoms with Gasteiger partial charge in [-0.2, -0.15) is 0 Å². The number of carboxylic acids is 1. The molecule has 0 aliphatic carbocycles. The van der Waals surface area contributed by atoms with Crippen LogP contribution in [0, 0.1) is 6.92 Å². The molecule has 1 amide bonds. The highest BCUT2D eigenvalue weighted by molar-refractivity contribution is 7.99. The summed E-state index contributed by atoms with van der Waals surface area (Å²) in [7, 11) is 0. The van der Waals surface area contributed by atoms with Gasteiger partial charge in [0.1, 0.15) is 9.88 Å². The lowest BCUT2D eigenvalue weighted by Gasteiger charge is -2.15. The number of nitrogens with one attached hydrogen (secondary N) is 1. The van der Waals surface area contributed by atoms with Crippen molar-refractivity contribution >= 4 is 35.0 Å². The van der Waals surface area contributed by atoms with E-state index in [1.165, 1.54) is 5.56 Å². The van der Waals surface area contributed by atoms with E-state index in [1.54, 1.807) is 18.7 Å². The number of hydrogen-bond donors (Lipinski definition) is 2. The monoisotopic (exact) mass is 364 g/mol. The van der Waals surface area contributed by atoms with E-state index >= 15 is 0 Å². The number of carbonyl (C=O) groups is 2. The summed E-state index contributed by atoms with van der Waals surface area (Å²) in [5.41, 5.74) is 1.66. The maximum atomic E-state index is 12.3. The second-order valence-corrected chi connectivity index (χ2v) is 7.80. The Kier molecular flexibility index (Phi) is 6.39. The molecule has 0 bridgehead atoms. The van der Waals surface area contributed by atoms with Crippen LogP contribution >= 0.6 is 23.1 Å². The highest BCUT2D eigenvalue weighted by atomic mass is 32.2. The second-order valence-electron chi connectivity index (χ2n) is 5.44. The summed E-state index contributed by atoms with van der Waals surface area (Å²) in [5, 5.41) is 12.4. The summed E-state index contributed by atoms with van der Waals surface area (Å²) in [5.74, 6) is -0.293. The molecule has 1 aromatic carbocycles. The topological polar surface area (TPSA) is 79.3 Å². The van der Waals surface area contributed by atoms with Crippen molar-refractivity contribution in [3.8, 4) is 0 Å². The van der Waals surface area contributed by atoms with Gasteiger partial charge in [0.15, 0.2) is 0 Å². The van der Waals surface area contributed by atoms with Crippen LogP contribution in [0.1, 0.15) is 45.8 Å². The van der Waals surface area contributed by atoms with Gasteiger partial charge in [-0.05, 0) is 26.3 Å². The minimum absolute atomic E-state index is 0.0758. The van der Waals surface area contributed by atoms with Gasteiger partial charge in [-0.25, -0.2) is 9.78 Å². The lowest BCUT2D eigenvalue weighted by molar-refractivity contribution is -0.120. The van der Waals surface area contributed by atoms with E-state index < -0.39 is 5.97 Å². The third-order valence-electron chi connectivity index (χ3n) is 3.45. The SMILES string of the molecule is Cc1nc(C(C)NC(=O)C(C)SCc2ccccc2)sc1C(=O)O. The summed E-state index contributed by atoms with van der Waals surface area (Å²) in [6, 6.07) is 9.68. The molecule has 128 valence electrons. The molecule has 0 fully saturated rings. The fourth-order valence-corrected chi connectivity index (χ4v) is 3.83. The van der Waals surface area contributed by atoms with Crippen molar-refractivity contribution in [1.29, 1.82) is 0 Å². The number of amides is 1. The molecule has 0 aliphatic rings. The Morgan fingerprint density at radius 2 is 1.96 bits per heavy atom. The van der Waals surface area contributed by atoms with Crippen LogP contribution in [0.15, 0.2) is 30.3 Å². The third-order valence-corrected chi connectivity index (χ3v) is 5.99. The average molecular weight is 364 g/mol. The van der Waals surface area contributed by atoms with Gasteiger partial charge in [0.2, 0.25) is 5.91 Å². The van der Waals surface area contributed by atoms with E-state index in [-0.39, 0.29) is 22.1 Å². The molecule has 0 radical (unpaired) electrons. The molecule has 7 heteroatoms. The number of carboxylic acid groups (broad SMARTS) is 1. The molecule has 0 saturated heterocycles. The van der Waals surface area contributed by atoms with Gasteiger partial charge in [0, 0.05) is 5.75 Å². The molecule has 0 aliphatic heterocycles. The summed E-state index contributed by atoms with van der Waals surface area (Å²) in [4.78, 5) is 27.9. The summed E-state index contributed by atoms with van der Waals surface area (Å²) in [6.07, 6.45) is 0. The first-order valence-electron chi connectivity index (χ1n) is 7.55. The Balaban J connectivity index is 1.90. The molecule has 1 aromatic heterocycles. The predicted octanol–water partition coefficient (Wildman–Crippen LogP) is 3.65. The lowest BCUT2D eigenvalue weighted by atomic mass is 10.2. The normalized spacial score (nSPS) is 13.3. The average Bonchev–Trinajstić information content (AvgIpc) is 2.95. The van der Waals surface area contributed by atoms with Crippen molar-refractivity contribution in [2.24, 2.45) is 0 Å². The van der Waals surface area contributed by atoms with Gasteiger partial charge in [-0.3, -0.25) is 4.79 Å². The van der Waals surface area contributed by atoms with Crippen molar-refractivity contribution in [2.75, 3.05) is 0 Å². The van der Waals surface area contributed by atoms with Crippen molar-refractivity contribution in [3.05, 3.63) is 51.5 Å². The number of aromatic nitrogens is 1. The highest BCUT2D eigenvalue weighted by Crippen LogP contribution is 2.24. The Bertz CT molecular complexity index is 716. The lowest BCUT2D eigenvalue weighted by Crippen LogP contribution is -2.33. The second kappa shape index (κ2) is 8.30. The number of hydrogen-bond acceptors (Lipinski definition) is 5. The van der Waals surface area contributed by atoms with Gasteiger partial charge in [0.05, 0.1) is 17.0 Å². The minimum Gasteiger partial charge on any atom is -0.477 e. The molecule has 1 heterocycles. The molecule has 2 rings (SSSR count). The Morgan fingerprint density at radius 3 is 2.54 bits per heavy atom. The molecule has 5 nitrogen and oxygen atoms in total. The zero-order valence-electron chi connectivity index (χ0n) is 13.8. The highest BCUT2D eigenvalue weighted by Gasteiger charge is 2.21. The van der Waals surface area contributed by atoms with E-state index in [1.807, 2.05) is 44.2 Å². The number of thiazole rings is 1. The zero-order valence-corrected chi connectivity index (χ0v) is 15.4. The van der Waals surface area contributed by atoms with Crippen molar-refractivity contribution in [2.45, 2.75) is 37.8 Å². The summed E-state index contributed by atoms with van der Waals surface area (Å²) < 4.78 is 0. The maximum absolute atomic E-state index is 12.3. The quantitative estimate of drug-likeness (QED) is 0.784. The molecule has 2 aromatic rings. The zero-order chi connectivity index (χ0) is 17.7. The van der Waals surface area contributed by atoms with E-state index in [2.05, 4.69) is 10.3 Å². The predicted molar refractivity (Wildman–Crippen MR) is 97.6 cm³/mol. The summed E-state index contributed by atoms with van der Waals surface area (Å²) >= 11 is 2.67. The van der Waals surface area contributed by atoms with Crippen LogP contribution in [0.2, 0.25) is 0 Å². The molecular formula is C17H20N2O3S2. The first-order valence-corrected chi connectivity index (χ1v) is 9.41. The first-order chi connectivity index (χ1) is 11.4. The van der Waals surface area contributed by atoms with Crippen LogP contribution < -0.4 is 5.32 Å². The van der Waals surface area contributed by atoms with Gasteiger partial charge in [-0.15, -0.1) is 23.1 Å². The van der Waals surface area contributed by atoms with Crippen LogP contribution in [-0.4, -0.2) is 27.2 Å². The van der Waals surface area contributed by atoms with Crippen LogP contribution in [-0.2, 0) is 10.5 Å². The van der Waals surface area contributed by atoms with Crippen LogP contribution in [0.4, 0.5) is 0 Å². The number of aromatic carboxylic acids is 1. The molecule has 0 spiro atoms. The van der Waals surface area contributed by atoms with Crippen molar-refractivity contribution in [1.82, 2.24) is 10.3 Å². The Morgan fingerprint density at radius 1 is 1.29 bits per heavy atom.